The third kappa shape index (κ3) is 3.19. The molecule has 3 rings (SSSR count). The standard InChI is InChI=1S/C18H21N3O3/c1-11(19)16-10-14(20-24-16)12-5-6-15-13(9-12)7-8-21(15)17(22)23-18(2,3)4/h5-11H,19H2,1-4H3. The van der Waals surface area contributed by atoms with Crippen LogP contribution in [0.15, 0.2) is 41.1 Å². The number of benzene rings is 1. The van der Waals surface area contributed by atoms with Gasteiger partial charge in [-0.25, -0.2) is 4.79 Å². The van der Waals surface area contributed by atoms with Crippen LogP contribution in [0.25, 0.3) is 22.2 Å². The third-order valence-corrected chi connectivity index (χ3v) is 3.55. The molecule has 0 fully saturated rings. The minimum Gasteiger partial charge on any atom is -0.443 e. The number of nitrogens with two attached hydrogens (primary N) is 1. The van der Waals surface area contributed by atoms with Crippen molar-refractivity contribution in [2.45, 2.75) is 39.3 Å². The van der Waals surface area contributed by atoms with E-state index >= 15 is 0 Å². The van der Waals surface area contributed by atoms with Gasteiger partial charge in [-0.3, -0.25) is 4.57 Å². The van der Waals surface area contributed by atoms with Gasteiger partial charge in [-0.2, -0.15) is 0 Å². The van der Waals surface area contributed by atoms with Crippen LogP contribution in [-0.4, -0.2) is 21.4 Å². The van der Waals surface area contributed by atoms with Crippen LogP contribution in [0.2, 0.25) is 0 Å². The zero-order valence-corrected chi connectivity index (χ0v) is 14.2. The van der Waals surface area contributed by atoms with Gasteiger partial charge in [-0.15, -0.1) is 0 Å². The van der Waals surface area contributed by atoms with E-state index in [1.54, 1.807) is 6.20 Å². The maximum absolute atomic E-state index is 12.3. The van der Waals surface area contributed by atoms with Crippen LogP contribution < -0.4 is 5.73 Å². The fourth-order valence-electron chi connectivity index (χ4n) is 2.41. The second-order valence-corrected chi connectivity index (χ2v) is 6.84. The maximum atomic E-state index is 12.3. The summed E-state index contributed by atoms with van der Waals surface area (Å²) < 4.78 is 12.2. The molecule has 0 spiro atoms. The van der Waals surface area contributed by atoms with Crippen LogP contribution >= 0.6 is 0 Å². The quantitative estimate of drug-likeness (QED) is 0.766. The summed E-state index contributed by atoms with van der Waals surface area (Å²) in [5.41, 5.74) is 7.66. The minimum atomic E-state index is -0.538. The van der Waals surface area contributed by atoms with Crippen molar-refractivity contribution in [2.24, 2.45) is 5.73 Å². The van der Waals surface area contributed by atoms with Crippen LogP contribution in [0.1, 0.15) is 39.5 Å². The monoisotopic (exact) mass is 327 g/mol. The van der Waals surface area contributed by atoms with Crippen molar-refractivity contribution in [3.8, 4) is 11.3 Å². The number of carbonyl (C=O) groups excluding carboxylic acids is 1. The molecule has 2 heterocycles. The van der Waals surface area contributed by atoms with Crippen LogP contribution in [0, 0.1) is 0 Å². The number of fused-ring (bicyclic) bond motifs is 1. The summed E-state index contributed by atoms with van der Waals surface area (Å²) in [7, 11) is 0. The normalized spacial score (nSPS) is 13.2. The Bertz CT molecular complexity index is 884. The number of ether oxygens (including phenoxy) is 1. The molecule has 3 aromatic rings. The van der Waals surface area contributed by atoms with Crippen LogP contribution in [0.3, 0.4) is 0 Å². The smallest absolute Gasteiger partial charge is 0.418 e. The molecule has 0 aliphatic rings. The summed E-state index contributed by atoms with van der Waals surface area (Å²) in [5, 5.41) is 4.97. The molecule has 1 atom stereocenters. The average Bonchev–Trinajstić information content (AvgIpc) is 3.12. The molecule has 24 heavy (non-hydrogen) atoms. The summed E-state index contributed by atoms with van der Waals surface area (Å²) >= 11 is 0. The van der Waals surface area contributed by atoms with Crippen molar-refractivity contribution < 1.29 is 14.1 Å². The van der Waals surface area contributed by atoms with Crippen molar-refractivity contribution in [3.05, 3.63) is 42.3 Å². The van der Waals surface area contributed by atoms with Gasteiger partial charge in [0.1, 0.15) is 11.3 Å². The molecule has 6 nitrogen and oxygen atoms in total. The Morgan fingerprint density at radius 3 is 2.67 bits per heavy atom. The van der Waals surface area contributed by atoms with Crippen molar-refractivity contribution in [3.63, 3.8) is 0 Å². The number of nitrogens with zero attached hydrogens (tertiary/aromatic N) is 2. The number of aromatic nitrogens is 2. The van der Waals surface area contributed by atoms with Gasteiger partial charge in [0.15, 0.2) is 5.76 Å². The number of hydrogen-bond acceptors (Lipinski definition) is 5. The van der Waals surface area contributed by atoms with Gasteiger partial charge in [-0.1, -0.05) is 11.2 Å². The molecule has 0 saturated heterocycles. The van der Waals surface area contributed by atoms with E-state index < -0.39 is 11.7 Å². The first-order chi connectivity index (χ1) is 11.2. The maximum Gasteiger partial charge on any atom is 0.418 e. The van der Waals surface area contributed by atoms with Gasteiger partial charge in [0.2, 0.25) is 0 Å². The summed E-state index contributed by atoms with van der Waals surface area (Å²) in [6, 6.07) is 9.22. The lowest BCUT2D eigenvalue weighted by Crippen LogP contribution is -2.26. The van der Waals surface area contributed by atoms with E-state index in [2.05, 4.69) is 5.16 Å². The van der Waals surface area contributed by atoms with Crippen LogP contribution in [-0.2, 0) is 4.74 Å². The highest BCUT2D eigenvalue weighted by molar-refractivity contribution is 5.91. The van der Waals surface area contributed by atoms with E-state index in [-0.39, 0.29) is 6.04 Å². The molecular weight excluding hydrogens is 306 g/mol. The van der Waals surface area contributed by atoms with E-state index in [0.29, 0.717) is 11.5 Å². The molecule has 1 aromatic carbocycles. The summed E-state index contributed by atoms with van der Waals surface area (Å²) in [6.07, 6.45) is 1.31. The zero-order chi connectivity index (χ0) is 17.5. The molecule has 0 bridgehead atoms. The van der Waals surface area contributed by atoms with E-state index in [9.17, 15) is 4.79 Å². The van der Waals surface area contributed by atoms with Crippen LogP contribution in [0.4, 0.5) is 4.79 Å². The Kier molecular flexibility index (Phi) is 3.93. The topological polar surface area (TPSA) is 83.3 Å². The Hall–Kier alpha value is -2.60. The molecule has 0 aliphatic carbocycles. The first-order valence-corrected chi connectivity index (χ1v) is 7.81. The molecule has 0 saturated carbocycles. The number of carbonyl (C=O) groups is 1. The second kappa shape index (κ2) is 5.79. The molecule has 0 aliphatic heterocycles. The van der Waals surface area contributed by atoms with Crippen LogP contribution in [0.5, 0.6) is 0 Å². The van der Waals surface area contributed by atoms with Crippen molar-refractivity contribution in [1.29, 1.82) is 0 Å². The average molecular weight is 327 g/mol. The molecule has 1 unspecified atom stereocenters. The van der Waals surface area contributed by atoms with Gasteiger partial charge in [-0.05, 0) is 45.9 Å². The number of hydrogen-bond donors (Lipinski definition) is 1. The molecule has 2 N–H and O–H groups in total. The molecule has 0 amide bonds. The Morgan fingerprint density at radius 2 is 2.04 bits per heavy atom. The summed E-state index contributed by atoms with van der Waals surface area (Å²) in [6.45, 7) is 7.37. The van der Waals surface area contributed by atoms with Crippen molar-refractivity contribution in [1.82, 2.24) is 9.72 Å². The lowest BCUT2D eigenvalue weighted by molar-refractivity contribution is 0.0544. The highest BCUT2D eigenvalue weighted by Gasteiger charge is 2.19. The Labute approximate surface area is 140 Å². The van der Waals surface area contributed by atoms with Gasteiger partial charge in [0.25, 0.3) is 0 Å². The van der Waals surface area contributed by atoms with Crippen molar-refractivity contribution in [2.75, 3.05) is 0 Å². The van der Waals surface area contributed by atoms with Crippen molar-refractivity contribution >= 4 is 17.0 Å². The summed E-state index contributed by atoms with van der Waals surface area (Å²) in [4.78, 5) is 12.3. The first-order valence-electron chi connectivity index (χ1n) is 7.81. The molecule has 126 valence electrons. The fraction of sp³-hybridized carbons (Fsp3) is 0.333. The highest BCUT2D eigenvalue weighted by Crippen LogP contribution is 2.26. The van der Waals surface area contributed by atoms with E-state index in [1.165, 1.54) is 4.57 Å². The Balaban J connectivity index is 1.94. The van der Waals surface area contributed by atoms with E-state index in [1.807, 2.05) is 58.0 Å². The number of rotatable bonds is 2. The minimum absolute atomic E-state index is 0.205. The van der Waals surface area contributed by atoms with Gasteiger partial charge in [0, 0.05) is 23.2 Å². The van der Waals surface area contributed by atoms with Gasteiger partial charge in [0.05, 0.1) is 11.6 Å². The van der Waals surface area contributed by atoms with E-state index in [0.717, 1.165) is 16.5 Å². The van der Waals surface area contributed by atoms with Gasteiger partial charge >= 0.3 is 6.09 Å². The molecular formula is C18H21N3O3. The SMILES string of the molecule is CC(N)c1cc(-c2ccc3c(ccn3C(=O)OC(C)(C)C)c2)no1. The largest absolute Gasteiger partial charge is 0.443 e. The summed E-state index contributed by atoms with van der Waals surface area (Å²) in [5.74, 6) is 0.636. The molecule has 0 radical (unpaired) electrons. The highest BCUT2D eigenvalue weighted by atomic mass is 16.6. The molecule has 2 aromatic heterocycles. The molecule has 6 heteroatoms. The van der Waals surface area contributed by atoms with E-state index in [4.69, 9.17) is 15.0 Å². The lowest BCUT2D eigenvalue weighted by atomic mass is 10.1. The lowest BCUT2D eigenvalue weighted by Gasteiger charge is -2.19. The third-order valence-electron chi connectivity index (χ3n) is 3.55. The van der Waals surface area contributed by atoms with Gasteiger partial charge < -0.3 is 15.0 Å². The first kappa shape index (κ1) is 16.3. The second-order valence-electron chi connectivity index (χ2n) is 6.84. The predicted octanol–water partition coefficient (Wildman–Crippen LogP) is 4.10. The fourth-order valence-corrected chi connectivity index (χ4v) is 2.41. The Morgan fingerprint density at radius 1 is 1.29 bits per heavy atom. The predicted molar refractivity (Wildman–Crippen MR) is 91.7 cm³/mol. The zero-order valence-electron chi connectivity index (χ0n) is 14.2.